The van der Waals surface area contributed by atoms with Gasteiger partial charge in [-0.15, -0.1) is 0 Å². The molecule has 3 nitrogen and oxygen atoms in total. The Kier molecular flexibility index (Phi) is 9.83. The van der Waals surface area contributed by atoms with E-state index in [0.717, 1.165) is 6.54 Å². The van der Waals surface area contributed by atoms with E-state index in [9.17, 15) is 4.79 Å². The molecule has 2 N–H and O–H groups in total. The quantitative estimate of drug-likeness (QED) is 0.612. The first-order valence-electron chi connectivity index (χ1n) is 6.16. The number of carbonyl (C=O) groups is 1. The number of rotatable bonds is 9. The fourth-order valence-electron chi connectivity index (χ4n) is 1.40. The molecule has 0 saturated heterocycles. The number of hydrogen-bond acceptors (Lipinski definition) is 3. The molecule has 0 aliphatic rings. The van der Waals surface area contributed by atoms with Gasteiger partial charge in [-0.2, -0.15) is 11.8 Å². The van der Waals surface area contributed by atoms with E-state index in [1.807, 2.05) is 25.6 Å². The minimum absolute atomic E-state index is 0.137. The van der Waals surface area contributed by atoms with Gasteiger partial charge in [0, 0.05) is 18.5 Å². The SMILES string of the molecule is CCSCCCNC(C)CC(=O)NC(C)C. The van der Waals surface area contributed by atoms with Gasteiger partial charge in [-0.1, -0.05) is 6.92 Å². The van der Waals surface area contributed by atoms with Crippen molar-refractivity contribution in [3.63, 3.8) is 0 Å². The van der Waals surface area contributed by atoms with Crippen LogP contribution in [0, 0.1) is 0 Å². The maximum atomic E-state index is 11.4. The minimum Gasteiger partial charge on any atom is -0.354 e. The van der Waals surface area contributed by atoms with Gasteiger partial charge in [0.15, 0.2) is 0 Å². The molecule has 0 spiro atoms. The molecule has 1 unspecified atom stereocenters. The van der Waals surface area contributed by atoms with Crippen LogP contribution in [0.1, 0.15) is 40.5 Å². The summed E-state index contributed by atoms with van der Waals surface area (Å²) in [5.74, 6) is 2.53. The first-order valence-corrected chi connectivity index (χ1v) is 7.32. The van der Waals surface area contributed by atoms with Gasteiger partial charge in [0.1, 0.15) is 0 Å². The molecule has 0 aromatic rings. The second-order valence-corrected chi connectivity index (χ2v) is 5.73. The van der Waals surface area contributed by atoms with Crippen LogP contribution in [0.25, 0.3) is 0 Å². The van der Waals surface area contributed by atoms with Crippen molar-refractivity contribution in [1.82, 2.24) is 10.6 Å². The number of thioether (sulfide) groups is 1. The lowest BCUT2D eigenvalue weighted by Crippen LogP contribution is -2.37. The van der Waals surface area contributed by atoms with Crippen LogP contribution in [0.3, 0.4) is 0 Å². The Hall–Kier alpha value is -0.220. The summed E-state index contributed by atoms with van der Waals surface area (Å²) in [6, 6.07) is 0.506. The number of amides is 1. The summed E-state index contributed by atoms with van der Waals surface area (Å²) in [6.07, 6.45) is 1.74. The molecule has 0 radical (unpaired) electrons. The highest BCUT2D eigenvalue weighted by molar-refractivity contribution is 7.99. The van der Waals surface area contributed by atoms with Gasteiger partial charge in [-0.3, -0.25) is 4.79 Å². The summed E-state index contributed by atoms with van der Waals surface area (Å²) in [5.41, 5.74) is 0. The molecule has 0 heterocycles. The first-order chi connectivity index (χ1) is 7.56. The van der Waals surface area contributed by atoms with Gasteiger partial charge in [0.25, 0.3) is 0 Å². The van der Waals surface area contributed by atoms with E-state index in [2.05, 4.69) is 24.5 Å². The third-order valence-corrected chi connectivity index (χ3v) is 3.09. The summed E-state index contributed by atoms with van der Waals surface area (Å²) >= 11 is 1.96. The summed E-state index contributed by atoms with van der Waals surface area (Å²) in [6.45, 7) is 9.21. The Morgan fingerprint density at radius 3 is 2.56 bits per heavy atom. The van der Waals surface area contributed by atoms with Crippen molar-refractivity contribution in [2.24, 2.45) is 0 Å². The normalized spacial score (nSPS) is 12.8. The molecule has 0 rings (SSSR count). The smallest absolute Gasteiger partial charge is 0.221 e. The number of nitrogens with one attached hydrogen (secondary N) is 2. The fourth-order valence-corrected chi connectivity index (χ4v) is 2.04. The van der Waals surface area contributed by atoms with Gasteiger partial charge in [-0.25, -0.2) is 0 Å². The maximum Gasteiger partial charge on any atom is 0.221 e. The third kappa shape index (κ3) is 10.3. The molecule has 96 valence electrons. The molecule has 0 bridgehead atoms. The Morgan fingerprint density at radius 2 is 2.00 bits per heavy atom. The zero-order valence-electron chi connectivity index (χ0n) is 11.0. The largest absolute Gasteiger partial charge is 0.354 e. The zero-order chi connectivity index (χ0) is 12.4. The molecular weight excluding hydrogens is 220 g/mol. The second kappa shape index (κ2) is 9.97. The average molecular weight is 246 g/mol. The average Bonchev–Trinajstić information content (AvgIpc) is 2.15. The lowest BCUT2D eigenvalue weighted by molar-refractivity contribution is -0.121. The summed E-state index contributed by atoms with van der Waals surface area (Å²) < 4.78 is 0. The van der Waals surface area contributed by atoms with Crippen LogP contribution in [-0.4, -0.2) is 36.0 Å². The highest BCUT2D eigenvalue weighted by atomic mass is 32.2. The van der Waals surface area contributed by atoms with Crippen LogP contribution in [0.15, 0.2) is 0 Å². The van der Waals surface area contributed by atoms with Crippen molar-refractivity contribution in [2.75, 3.05) is 18.1 Å². The van der Waals surface area contributed by atoms with E-state index in [1.165, 1.54) is 17.9 Å². The van der Waals surface area contributed by atoms with Crippen molar-refractivity contribution in [3.05, 3.63) is 0 Å². The van der Waals surface area contributed by atoms with Gasteiger partial charge in [0.2, 0.25) is 5.91 Å². The lowest BCUT2D eigenvalue weighted by Gasteiger charge is -2.14. The highest BCUT2D eigenvalue weighted by Crippen LogP contribution is 2.00. The predicted octanol–water partition coefficient (Wildman–Crippen LogP) is 2.02. The van der Waals surface area contributed by atoms with Gasteiger partial charge < -0.3 is 10.6 Å². The maximum absolute atomic E-state index is 11.4. The van der Waals surface area contributed by atoms with Crippen molar-refractivity contribution in [1.29, 1.82) is 0 Å². The molecule has 0 aliphatic heterocycles. The second-order valence-electron chi connectivity index (χ2n) is 4.33. The molecule has 4 heteroatoms. The topological polar surface area (TPSA) is 41.1 Å². The molecule has 0 aromatic heterocycles. The Balaban J connectivity index is 3.43. The lowest BCUT2D eigenvalue weighted by atomic mass is 10.2. The van der Waals surface area contributed by atoms with E-state index in [-0.39, 0.29) is 18.0 Å². The summed E-state index contributed by atoms with van der Waals surface area (Å²) in [7, 11) is 0. The Labute approximate surface area is 104 Å². The minimum atomic E-state index is 0.137. The molecular formula is C12H26N2OS. The van der Waals surface area contributed by atoms with Crippen LogP contribution in [0.4, 0.5) is 0 Å². The molecule has 0 aromatic carbocycles. The molecule has 16 heavy (non-hydrogen) atoms. The third-order valence-electron chi connectivity index (χ3n) is 2.10. The van der Waals surface area contributed by atoms with Gasteiger partial charge in [0.05, 0.1) is 0 Å². The molecule has 0 aliphatic carbocycles. The van der Waals surface area contributed by atoms with E-state index in [0.29, 0.717) is 6.42 Å². The molecule has 0 fully saturated rings. The van der Waals surface area contributed by atoms with Crippen LogP contribution in [0.2, 0.25) is 0 Å². The summed E-state index contributed by atoms with van der Waals surface area (Å²) in [5, 5.41) is 6.27. The molecule has 1 amide bonds. The van der Waals surface area contributed by atoms with E-state index in [1.54, 1.807) is 0 Å². The van der Waals surface area contributed by atoms with Crippen LogP contribution in [-0.2, 0) is 4.79 Å². The van der Waals surface area contributed by atoms with Crippen molar-refractivity contribution in [3.8, 4) is 0 Å². The standard InChI is InChI=1S/C12H26N2OS/c1-5-16-8-6-7-13-11(4)9-12(15)14-10(2)3/h10-11,13H,5-9H2,1-4H3,(H,14,15). The highest BCUT2D eigenvalue weighted by Gasteiger charge is 2.08. The summed E-state index contributed by atoms with van der Waals surface area (Å²) in [4.78, 5) is 11.4. The van der Waals surface area contributed by atoms with Gasteiger partial charge >= 0.3 is 0 Å². The van der Waals surface area contributed by atoms with E-state index in [4.69, 9.17) is 0 Å². The number of carbonyl (C=O) groups excluding carboxylic acids is 1. The van der Waals surface area contributed by atoms with Crippen LogP contribution >= 0.6 is 11.8 Å². The van der Waals surface area contributed by atoms with Crippen LogP contribution < -0.4 is 10.6 Å². The van der Waals surface area contributed by atoms with Crippen LogP contribution in [0.5, 0.6) is 0 Å². The Morgan fingerprint density at radius 1 is 1.31 bits per heavy atom. The van der Waals surface area contributed by atoms with Crippen molar-refractivity contribution < 1.29 is 4.79 Å². The van der Waals surface area contributed by atoms with Crippen molar-refractivity contribution >= 4 is 17.7 Å². The fraction of sp³-hybridized carbons (Fsp3) is 0.917. The Bertz CT molecular complexity index is 186. The molecule has 1 atom stereocenters. The monoisotopic (exact) mass is 246 g/mol. The molecule has 0 saturated carbocycles. The first kappa shape index (κ1) is 15.8. The van der Waals surface area contributed by atoms with Gasteiger partial charge in [-0.05, 0) is 45.2 Å². The van der Waals surface area contributed by atoms with Crippen molar-refractivity contribution in [2.45, 2.75) is 52.6 Å². The van der Waals surface area contributed by atoms with E-state index < -0.39 is 0 Å². The zero-order valence-corrected chi connectivity index (χ0v) is 11.8. The van der Waals surface area contributed by atoms with E-state index >= 15 is 0 Å². The number of hydrogen-bond donors (Lipinski definition) is 2. The predicted molar refractivity (Wildman–Crippen MR) is 73.0 cm³/mol.